The molecule has 9 heteroatoms. The van der Waals surface area contributed by atoms with Crippen LogP contribution in [0.25, 0.3) is 0 Å². The third-order valence-electron chi connectivity index (χ3n) is 2.84. The number of hydrogen-bond donors (Lipinski definition) is 5. The van der Waals surface area contributed by atoms with Crippen molar-refractivity contribution in [2.45, 2.75) is 24.9 Å². The quantitative estimate of drug-likeness (QED) is 0.321. The van der Waals surface area contributed by atoms with Gasteiger partial charge in [0.05, 0.1) is 12.6 Å². The average Bonchev–Trinajstić information content (AvgIpc) is 2.37. The first-order chi connectivity index (χ1) is 9.40. The van der Waals surface area contributed by atoms with Crippen molar-refractivity contribution in [2.24, 2.45) is 5.73 Å². The van der Waals surface area contributed by atoms with Crippen LogP contribution < -0.4 is 21.7 Å². The van der Waals surface area contributed by atoms with E-state index in [1.807, 2.05) is 0 Å². The molecule has 0 radical (unpaired) electrons. The van der Waals surface area contributed by atoms with Crippen LogP contribution in [0.5, 0.6) is 0 Å². The Morgan fingerprint density at radius 1 is 1.20 bits per heavy atom. The summed E-state index contributed by atoms with van der Waals surface area (Å²) in [6.45, 7) is -0.243. The van der Waals surface area contributed by atoms with E-state index in [2.05, 4.69) is 16.0 Å². The van der Waals surface area contributed by atoms with Gasteiger partial charge >= 0.3 is 5.97 Å². The van der Waals surface area contributed by atoms with Crippen molar-refractivity contribution >= 4 is 23.6 Å². The molecule has 6 N–H and O–H groups in total. The van der Waals surface area contributed by atoms with Crippen molar-refractivity contribution in [3.05, 3.63) is 0 Å². The summed E-state index contributed by atoms with van der Waals surface area (Å²) >= 11 is 0. The molecule has 1 aliphatic heterocycles. The molecule has 1 aliphatic rings. The second kappa shape index (κ2) is 7.56. The fraction of sp³-hybridized carbons (Fsp3) is 0.636. The van der Waals surface area contributed by atoms with Gasteiger partial charge in [-0.25, -0.2) is 0 Å². The first-order valence-electron chi connectivity index (χ1n) is 6.18. The molecule has 112 valence electrons. The zero-order valence-corrected chi connectivity index (χ0v) is 10.8. The van der Waals surface area contributed by atoms with Crippen LogP contribution in [0, 0.1) is 0 Å². The lowest BCUT2D eigenvalue weighted by atomic mass is 10.1. The maximum atomic E-state index is 11.6. The summed E-state index contributed by atoms with van der Waals surface area (Å²) in [6, 6.07) is -1.90. The molecule has 1 rings (SSSR count). The van der Waals surface area contributed by atoms with Crippen LogP contribution in [0.4, 0.5) is 0 Å². The molecule has 9 nitrogen and oxygen atoms in total. The molecule has 0 aromatic rings. The number of nitrogens with one attached hydrogen (secondary N) is 3. The molecule has 0 spiro atoms. The maximum absolute atomic E-state index is 11.6. The largest absolute Gasteiger partial charge is 0.480 e. The van der Waals surface area contributed by atoms with E-state index in [1.165, 1.54) is 0 Å². The summed E-state index contributed by atoms with van der Waals surface area (Å²) in [5.41, 5.74) is 5.62. The monoisotopic (exact) mass is 286 g/mol. The molecule has 20 heavy (non-hydrogen) atoms. The molecule has 1 heterocycles. The van der Waals surface area contributed by atoms with Gasteiger partial charge in [0.1, 0.15) is 12.5 Å². The fourth-order valence-electron chi connectivity index (χ4n) is 1.62. The average molecular weight is 286 g/mol. The van der Waals surface area contributed by atoms with Gasteiger partial charge in [-0.05, 0) is 6.42 Å². The fourth-order valence-corrected chi connectivity index (χ4v) is 1.62. The van der Waals surface area contributed by atoms with E-state index in [0.717, 1.165) is 0 Å². The lowest BCUT2D eigenvalue weighted by Crippen LogP contribution is -2.49. The number of rotatable bonds is 1. The van der Waals surface area contributed by atoms with Crippen molar-refractivity contribution in [3.63, 3.8) is 0 Å². The number of ketones is 1. The Labute approximate surface area is 115 Å². The Kier molecular flexibility index (Phi) is 6.07. The van der Waals surface area contributed by atoms with Crippen molar-refractivity contribution in [3.8, 4) is 0 Å². The van der Waals surface area contributed by atoms with Crippen molar-refractivity contribution in [2.75, 3.05) is 19.6 Å². The summed E-state index contributed by atoms with van der Waals surface area (Å²) in [4.78, 5) is 45.4. The smallest absolute Gasteiger partial charge is 0.322 e. The summed E-state index contributed by atoms with van der Waals surface area (Å²) in [5.74, 6) is -2.63. The predicted molar refractivity (Wildman–Crippen MR) is 67.7 cm³/mol. The van der Waals surface area contributed by atoms with Crippen LogP contribution in [0.3, 0.4) is 0 Å². The van der Waals surface area contributed by atoms with Crippen LogP contribution in [0.15, 0.2) is 0 Å². The van der Waals surface area contributed by atoms with E-state index in [-0.39, 0.29) is 31.8 Å². The standard InChI is InChI=1S/C11H18N4O5/c12-6-1-2-13-9(17)3-10(18)15-4-7(11(19)20)14-5-8(6)16/h6-7,14H,1-5,12H2,(H,13,17)(H,15,18)(H,19,20). The van der Waals surface area contributed by atoms with Gasteiger partial charge in [0.25, 0.3) is 0 Å². The highest BCUT2D eigenvalue weighted by Gasteiger charge is 2.22. The first kappa shape index (κ1) is 16.1. The zero-order valence-electron chi connectivity index (χ0n) is 10.8. The summed E-state index contributed by atoms with van der Waals surface area (Å²) in [6.07, 6.45) is -0.166. The molecule has 2 atom stereocenters. The summed E-state index contributed by atoms with van der Waals surface area (Å²) in [7, 11) is 0. The Bertz CT molecular complexity index is 412. The van der Waals surface area contributed by atoms with E-state index in [0.29, 0.717) is 0 Å². The molecule has 2 unspecified atom stereocenters. The number of aliphatic carboxylic acids is 1. The van der Waals surface area contributed by atoms with Gasteiger partial charge in [-0.3, -0.25) is 24.5 Å². The van der Waals surface area contributed by atoms with E-state index >= 15 is 0 Å². The Morgan fingerprint density at radius 2 is 1.85 bits per heavy atom. The molecule has 0 bridgehead atoms. The van der Waals surface area contributed by atoms with Gasteiger partial charge in [0, 0.05) is 13.1 Å². The van der Waals surface area contributed by atoms with Crippen LogP contribution >= 0.6 is 0 Å². The van der Waals surface area contributed by atoms with Crippen molar-refractivity contribution < 1.29 is 24.3 Å². The van der Waals surface area contributed by atoms with Crippen LogP contribution in [0.2, 0.25) is 0 Å². The number of amides is 2. The highest BCUT2D eigenvalue weighted by atomic mass is 16.4. The molecule has 0 aromatic heterocycles. The summed E-state index contributed by atoms with van der Waals surface area (Å²) in [5, 5.41) is 16.3. The highest BCUT2D eigenvalue weighted by molar-refractivity contribution is 5.97. The molecule has 1 saturated heterocycles. The molecular weight excluding hydrogens is 268 g/mol. The molecule has 0 saturated carbocycles. The van der Waals surface area contributed by atoms with Gasteiger partial charge in [-0.1, -0.05) is 0 Å². The minimum atomic E-state index is -1.20. The third kappa shape index (κ3) is 5.33. The van der Waals surface area contributed by atoms with Crippen molar-refractivity contribution in [1.82, 2.24) is 16.0 Å². The molecule has 0 aliphatic carbocycles. The number of Topliss-reactive ketones (excluding diaryl/α,β-unsaturated/α-hetero) is 1. The summed E-state index contributed by atoms with van der Waals surface area (Å²) < 4.78 is 0. The zero-order chi connectivity index (χ0) is 15.1. The minimum absolute atomic E-state index is 0.182. The van der Waals surface area contributed by atoms with Gasteiger partial charge in [-0.15, -0.1) is 0 Å². The number of carboxylic acid groups (broad SMARTS) is 1. The van der Waals surface area contributed by atoms with Gasteiger partial charge in [0.2, 0.25) is 11.8 Å². The number of carbonyl (C=O) groups is 4. The molecule has 2 amide bonds. The van der Waals surface area contributed by atoms with Crippen LogP contribution in [-0.2, 0) is 19.2 Å². The van der Waals surface area contributed by atoms with Crippen molar-refractivity contribution in [1.29, 1.82) is 0 Å². The van der Waals surface area contributed by atoms with E-state index < -0.39 is 36.3 Å². The highest BCUT2D eigenvalue weighted by Crippen LogP contribution is 1.93. The van der Waals surface area contributed by atoms with E-state index in [4.69, 9.17) is 10.8 Å². The van der Waals surface area contributed by atoms with Gasteiger partial charge in [0.15, 0.2) is 5.78 Å². The first-order valence-corrected chi connectivity index (χ1v) is 6.18. The number of hydrogen-bond acceptors (Lipinski definition) is 6. The molecule has 1 fully saturated rings. The third-order valence-corrected chi connectivity index (χ3v) is 2.84. The lowest BCUT2D eigenvalue weighted by molar-refractivity contribution is -0.139. The Balaban J connectivity index is 2.72. The molecule has 0 aromatic carbocycles. The Hall–Kier alpha value is -2.00. The number of carboxylic acids is 1. The second-order valence-electron chi connectivity index (χ2n) is 4.46. The molecular formula is C11H18N4O5. The predicted octanol–water partition coefficient (Wildman–Crippen LogP) is -3.05. The Morgan fingerprint density at radius 3 is 2.50 bits per heavy atom. The SMILES string of the molecule is NC1CCNC(=O)CC(=O)NCC(C(=O)O)NCC1=O. The normalized spacial score (nSPS) is 26.6. The second-order valence-corrected chi connectivity index (χ2v) is 4.46. The minimum Gasteiger partial charge on any atom is -0.480 e. The topological polar surface area (TPSA) is 151 Å². The lowest BCUT2D eigenvalue weighted by Gasteiger charge is -2.15. The maximum Gasteiger partial charge on any atom is 0.322 e. The van der Waals surface area contributed by atoms with Crippen LogP contribution in [0.1, 0.15) is 12.8 Å². The number of nitrogens with two attached hydrogens (primary N) is 1. The van der Waals surface area contributed by atoms with Gasteiger partial charge < -0.3 is 21.5 Å². The van der Waals surface area contributed by atoms with Crippen LogP contribution in [-0.4, -0.2) is 60.4 Å². The van der Waals surface area contributed by atoms with Gasteiger partial charge in [-0.2, -0.15) is 0 Å². The number of carbonyl (C=O) groups excluding carboxylic acids is 3. The van der Waals surface area contributed by atoms with E-state index in [1.54, 1.807) is 0 Å². The van der Waals surface area contributed by atoms with E-state index in [9.17, 15) is 19.2 Å².